The highest BCUT2D eigenvalue weighted by molar-refractivity contribution is 7.64. The molecular formula is C34H27P. The maximum atomic E-state index is 2.35. The van der Waals surface area contributed by atoms with Gasteiger partial charge in [-0.2, -0.15) is 0 Å². The lowest BCUT2D eigenvalue weighted by atomic mass is 9.86. The minimum Gasteiger partial charge on any atom is -0.0817 e. The fraction of sp³-hybridized carbons (Fsp3) is 0.0588. The standard InChI is InChI=1S/C34H27P/c1-35(2)28-14-10-13-27(23-28)24-19-21-26(22-20-24)34-31-17-8-6-15-29(31)33(25-11-4-3-5-12-25)30-16-7-9-18-32(30)34/h3-23H,1-2H3. The Morgan fingerprint density at radius 3 is 1.31 bits per heavy atom. The molecule has 0 N–H and O–H groups in total. The Labute approximate surface area is 208 Å². The SMILES string of the molecule is CP(C)c1cccc(-c2ccc(-c3c4ccccc4c(-c4ccccc4)c4ccccc34)cc2)c1. The monoisotopic (exact) mass is 466 g/mol. The fourth-order valence-corrected chi connectivity index (χ4v) is 5.93. The van der Waals surface area contributed by atoms with Gasteiger partial charge in [0.05, 0.1) is 0 Å². The van der Waals surface area contributed by atoms with Gasteiger partial charge >= 0.3 is 0 Å². The molecule has 0 saturated carbocycles. The molecule has 0 unspecified atom stereocenters. The van der Waals surface area contributed by atoms with Gasteiger partial charge in [-0.15, -0.1) is 0 Å². The third-order valence-electron chi connectivity index (χ3n) is 6.86. The zero-order valence-electron chi connectivity index (χ0n) is 20.1. The Hall–Kier alpha value is -3.73. The molecule has 0 saturated heterocycles. The molecule has 1 heteroatoms. The highest BCUT2D eigenvalue weighted by Crippen LogP contribution is 2.43. The Morgan fingerprint density at radius 2 is 0.800 bits per heavy atom. The first-order valence-corrected chi connectivity index (χ1v) is 14.3. The molecule has 0 aliphatic rings. The maximum Gasteiger partial charge on any atom is -0.00264 e. The smallest absolute Gasteiger partial charge is 0.00264 e. The van der Waals surface area contributed by atoms with E-state index in [1.54, 1.807) is 0 Å². The summed E-state index contributed by atoms with van der Waals surface area (Å²) in [6.07, 6.45) is 0. The number of fused-ring (bicyclic) bond motifs is 2. The summed E-state index contributed by atoms with van der Waals surface area (Å²) in [7, 11) is -0.107. The molecule has 168 valence electrons. The summed E-state index contributed by atoms with van der Waals surface area (Å²) in [4.78, 5) is 0. The predicted molar refractivity (Wildman–Crippen MR) is 156 cm³/mol. The van der Waals surface area contributed by atoms with Crippen LogP contribution in [0.5, 0.6) is 0 Å². The first kappa shape index (κ1) is 21.8. The number of hydrogen-bond donors (Lipinski definition) is 0. The summed E-state index contributed by atoms with van der Waals surface area (Å²) in [6, 6.07) is 46.6. The second-order valence-electron chi connectivity index (χ2n) is 9.23. The van der Waals surface area contributed by atoms with Crippen LogP contribution < -0.4 is 5.30 Å². The van der Waals surface area contributed by atoms with Crippen LogP contribution in [0, 0.1) is 0 Å². The molecule has 6 aromatic carbocycles. The summed E-state index contributed by atoms with van der Waals surface area (Å²) in [5, 5.41) is 6.62. The molecule has 0 aliphatic carbocycles. The van der Waals surface area contributed by atoms with E-state index in [0.717, 1.165) is 0 Å². The van der Waals surface area contributed by atoms with Gasteiger partial charge in [0.1, 0.15) is 0 Å². The molecule has 35 heavy (non-hydrogen) atoms. The molecule has 6 aromatic rings. The normalized spacial score (nSPS) is 11.4. The van der Waals surface area contributed by atoms with Crippen molar-refractivity contribution in [3.8, 4) is 33.4 Å². The van der Waals surface area contributed by atoms with E-state index in [9.17, 15) is 0 Å². The number of hydrogen-bond acceptors (Lipinski definition) is 0. The molecule has 0 fully saturated rings. The van der Waals surface area contributed by atoms with Crippen molar-refractivity contribution in [2.75, 3.05) is 13.3 Å². The second-order valence-corrected chi connectivity index (χ2v) is 11.5. The molecule has 0 nitrogen and oxygen atoms in total. The second kappa shape index (κ2) is 9.14. The fourth-order valence-electron chi connectivity index (χ4n) is 5.15. The van der Waals surface area contributed by atoms with Gasteiger partial charge in [0.2, 0.25) is 0 Å². The van der Waals surface area contributed by atoms with Crippen molar-refractivity contribution in [3.63, 3.8) is 0 Å². The van der Waals surface area contributed by atoms with Crippen molar-refractivity contribution in [2.24, 2.45) is 0 Å². The summed E-state index contributed by atoms with van der Waals surface area (Å²) in [5.74, 6) is 0. The first-order chi connectivity index (χ1) is 17.2. The molecule has 0 atom stereocenters. The van der Waals surface area contributed by atoms with E-state index in [-0.39, 0.29) is 7.92 Å². The summed E-state index contributed by atoms with van der Waals surface area (Å²) in [6.45, 7) is 4.62. The number of rotatable bonds is 4. The van der Waals surface area contributed by atoms with Gasteiger partial charge in [-0.25, -0.2) is 0 Å². The van der Waals surface area contributed by atoms with Gasteiger partial charge in [0, 0.05) is 0 Å². The lowest BCUT2D eigenvalue weighted by Crippen LogP contribution is -1.98. The Kier molecular flexibility index (Phi) is 5.69. The molecule has 0 aromatic heterocycles. The van der Waals surface area contributed by atoms with Gasteiger partial charge < -0.3 is 0 Å². The van der Waals surface area contributed by atoms with Crippen LogP contribution in [0.4, 0.5) is 0 Å². The van der Waals surface area contributed by atoms with Crippen LogP contribution in [-0.2, 0) is 0 Å². The van der Waals surface area contributed by atoms with E-state index < -0.39 is 0 Å². The van der Waals surface area contributed by atoms with Gasteiger partial charge in [0.15, 0.2) is 0 Å². The van der Waals surface area contributed by atoms with Gasteiger partial charge in [-0.3, -0.25) is 0 Å². The zero-order chi connectivity index (χ0) is 23.8. The topological polar surface area (TPSA) is 0 Å². The first-order valence-electron chi connectivity index (χ1n) is 12.1. The minimum atomic E-state index is -0.107. The predicted octanol–water partition coefficient (Wildman–Crippen LogP) is 9.36. The average molecular weight is 467 g/mol. The third kappa shape index (κ3) is 3.95. The lowest BCUT2D eigenvalue weighted by Gasteiger charge is -2.18. The van der Waals surface area contributed by atoms with E-state index in [0.29, 0.717) is 0 Å². The highest BCUT2D eigenvalue weighted by Gasteiger charge is 2.16. The van der Waals surface area contributed by atoms with Crippen LogP contribution in [0.2, 0.25) is 0 Å². The molecule has 0 spiro atoms. The van der Waals surface area contributed by atoms with Gasteiger partial charge in [-0.1, -0.05) is 129 Å². The van der Waals surface area contributed by atoms with Crippen molar-refractivity contribution >= 4 is 34.8 Å². The van der Waals surface area contributed by atoms with E-state index in [1.165, 1.54) is 60.2 Å². The Morgan fingerprint density at radius 1 is 0.371 bits per heavy atom. The van der Waals surface area contributed by atoms with Crippen molar-refractivity contribution in [1.29, 1.82) is 0 Å². The summed E-state index contributed by atoms with van der Waals surface area (Å²) in [5.41, 5.74) is 7.69. The van der Waals surface area contributed by atoms with Gasteiger partial charge in [0.25, 0.3) is 0 Å². The Balaban J connectivity index is 1.57. The van der Waals surface area contributed by atoms with Crippen LogP contribution in [0.3, 0.4) is 0 Å². The van der Waals surface area contributed by atoms with E-state index in [4.69, 9.17) is 0 Å². The minimum absolute atomic E-state index is 0.107. The van der Waals surface area contributed by atoms with Crippen molar-refractivity contribution in [1.82, 2.24) is 0 Å². The molecular weight excluding hydrogens is 439 g/mol. The Bertz CT molecular complexity index is 1590. The molecule has 6 rings (SSSR count). The quantitative estimate of drug-likeness (QED) is 0.179. The number of benzene rings is 6. The average Bonchev–Trinajstić information content (AvgIpc) is 2.92. The van der Waals surface area contributed by atoms with E-state index in [1.807, 2.05) is 0 Å². The van der Waals surface area contributed by atoms with Crippen LogP contribution in [0.1, 0.15) is 0 Å². The third-order valence-corrected chi connectivity index (χ3v) is 8.17. The molecule has 0 bridgehead atoms. The summed E-state index contributed by atoms with van der Waals surface area (Å²) < 4.78 is 0. The van der Waals surface area contributed by atoms with Crippen molar-refractivity contribution in [2.45, 2.75) is 0 Å². The highest BCUT2D eigenvalue weighted by atomic mass is 31.1. The van der Waals surface area contributed by atoms with Crippen molar-refractivity contribution < 1.29 is 0 Å². The van der Waals surface area contributed by atoms with Crippen LogP contribution in [0.25, 0.3) is 54.9 Å². The van der Waals surface area contributed by atoms with Crippen molar-refractivity contribution in [3.05, 3.63) is 127 Å². The van der Waals surface area contributed by atoms with Crippen LogP contribution in [-0.4, -0.2) is 13.3 Å². The largest absolute Gasteiger partial charge is 0.0817 e. The van der Waals surface area contributed by atoms with E-state index in [2.05, 4.69) is 141 Å². The lowest BCUT2D eigenvalue weighted by molar-refractivity contribution is 1.62. The van der Waals surface area contributed by atoms with E-state index >= 15 is 0 Å². The van der Waals surface area contributed by atoms with Gasteiger partial charge in [-0.05, 0) is 79.6 Å². The molecule has 0 amide bonds. The van der Waals surface area contributed by atoms with Crippen LogP contribution >= 0.6 is 7.92 Å². The summed E-state index contributed by atoms with van der Waals surface area (Å²) >= 11 is 0. The van der Waals surface area contributed by atoms with Crippen LogP contribution in [0.15, 0.2) is 127 Å². The molecule has 0 heterocycles. The zero-order valence-corrected chi connectivity index (χ0v) is 21.0. The maximum absolute atomic E-state index is 2.35. The molecule has 0 aliphatic heterocycles. The molecule has 0 radical (unpaired) electrons.